The number of carbonyl (C=O) groups is 1. The van der Waals surface area contributed by atoms with E-state index in [-0.39, 0.29) is 11.8 Å². The summed E-state index contributed by atoms with van der Waals surface area (Å²) in [5.41, 5.74) is 4.26. The van der Waals surface area contributed by atoms with E-state index in [9.17, 15) is 4.79 Å². The molecule has 1 aliphatic rings. The maximum absolute atomic E-state index is 12.4. The molecule has 0 bridgehead atoms. The maximum atomic E-state index is 12.4. The van der Waals surface area contributed by atoms with Gasteiger partial charge in [0.05, 0.1) is 5.92 Å². The van der Waals surface area contributed by atoms with Gasteiger partial charge in [0.15, 0.2) is 0 Å². The number of amides is 1. The average Bonchev–Trinajstić information content (AvgIpc) is 3.23. The van der Waals surface area contributed by atoms with Crippen LogP contribution in [-0.4, -0.2) is 27.5 Å². The number of aryl methyl sites for hydroxylation is 2. The predicted molar refractivity (Wildman–Crippen MR) is 103 cm³/mol. The fourth-order valence-corrected chi connectivity index (χ4v) is 3.73. The van der Waals surface area contributed by atoms with Gasteiger partial charge < -0.3 is 9.42 Å². The van der Waals surface area contributed by atoms with Crippen LogP contribution >= 0.6 is 11.6 Å². The van der Waals surface area contributed by atoms with E-state index in [0.717, 1.165) is 16.7 Å². The van der Waals surface area contributed by atoms with Crippen molar-refractivity contribution in [1.82, 2.24) is 15.0 Å². The van der Waals surface area contributed by atoms with Crippen LogP contribution in [0.5, 0.6) is 0 Å². The minimum atomic E-state index is -0.0799. The summed E-state index contributed by atoms with van der Waals surface area (Å²) in [7, 11) is 0. The van der Waals surface area contributed by atoms with Gasteiger partial charge in [-0.15, -0.1) is 0 Å². The van der Waals surface area contributed by atoms with E-state index < -0.39 is 0 Å². The molecule has 1 amide bonds. The molecule has 1 aliphatic heterocycles. The van der Waals surface area contributed by atoms with Crippen LogP contribution in [0.4, 0.5) is 0 Å². The Morgan fingerprint density at radius 3 is 2.85 bits per heavy atom. The molecule has 3 aromatic rings. The molecule has 6 heteroatoms. The Labute approximate surface area is 163 Å². The molecule has 5 nitrogen and oxygen atoms in total. The second-order valence-electron chi connectivity index (χ2n) is 7.08. The highest BCUT2D eigenvalue weighted by molar-refractivity contribution is 6.30. The van der Waals surface area contributed by atoms with Crippen LogP contribution in [-0.2, 0) is 11.3 Å². The Balaban J connectivity index is 1.50. The number of hydrogen-bond donors (Lipinski definition) is 0. The van der Waals surface area contributed by atoms with Crippen molar-refractivity contribution in [2.24, 2.45) is 0 Å². The van der Waals surface area contributed by atoms with E-state index in [2.05, 4.69) is 23.1 Å². The van der Waals surface area contributed by atoms with Crippen LogP contribution in [0.1, 0.15) is 34.9 Å². The number of hydrogen-bond acceptors (Lipinski definition) is 4. The molecule has 4 rings (SSSR count). The lowest BCUT2D eigenvalue weighted by Crippen LogP contribution is -2.24. The highest BCUT2D eigenvalue weighted by atomic mass is 35.5. The number of benzene rings is 2. The third-order valence-electron chi connectivity index (χ3n) is 4.89. The quantitative estimate of drug-likeness (QED) is 0.666. The minimum absolute atomic E-state index is 0.0799. The molecule has 27 heavy (non-hydrogen) atoms. The zero-order valence-corrected chi connectivity index (χ0v) is 16.0. The number of rotatable bonds is 4. The lowest BCUT2D eigenvalue weighted by atomic mass is 10.1. The van der Waals surface area contributed by atoms with Crippen molar-refractivity contribution >= 4 is 17.5 Å². The van der Waals surface area contributed by atoms with Crippen molar-refractivity contribution in [3.63, 3.8) is 0 Å². The molecule has 2 heterocycles. The van der Waals surface area contributed by atoms with Gasteiger partial charge in [-0.25, -0.2) is 0 Å². The Morgan fingerprint density at radius 1 is 1.22 bits per heavy atom. The first-order chi connectivity index (χ1) is 13.0. The molecule has 2 aromatic carbocycles. The number of nitrogens with zero attached hydrogens (tertiary/aromatic N) is 3. The van der Waals surface area contributed by atoms with Crippen molar-refractivity contribution < 1.29 is 9.32 Å². The van der Waals surface area contributed by atoms with Crippen molar-refractivity contribution in [3.05, 3.63) is 70.1 Å². The first kappa shape index (κ1) is 17.7. The molecule has 0 radical (unpaired) electrons. The maximum Gasteiger partial charge on any atom is 0.232 e. The second-order valence-corrected chi connectivity index (χ2v) is 7.52. The zero-order valence-electron chi connectivity index (χ0n) is 15.3. The van der Waals surface area contributed by atoms with Gasteiger partial charge in [-0.3, -0.25) is 4.79 Å². The molecule has 1 fully saturated rings. The third-order valence-corrected chi connectivity index (χ3v) is 5.13. The van der Waals surface area contributed by atoms with Crippen LogP contribution in [0.15, 0.2) is 47.0 Å². The lowest BCUT2D eigenvalue weighted by molar-refractivity contribution is -0.128. The summed E-state index contributed by atoms with van der Waals surface area (Å²) in [5.74, 6) is 1.10. The van der Waals surface area contributed by atoms with Crippen LogP contribution < -0.4 is 0 Å². The Hall–Kier alpha value is -2.66. The standard InChI is InChI=1S/C21H20ClN3O2/c1-13-6-7-18(14(2)8-13)20-23-21(27-24-20)16-10-19(26)25(12-16)11-15-4-3-5-17(22)9-15/h3-9,16H,10-12H2,1-2H3. The summed E-state index contributed by atoms with van der Waals surface area (Å²) in [6, 6.07) is 13.7. The number of carbonyl (C=O) groups excluding carboxylic acids is 1. The minimum Gasteiger partial charge on any atom is -0.339 e. The van der Waals surface area contributed by atoms with Crippen LogP contribution in [0.3, 0.4) is 0 Å². The third kappa shape index (κ3) is 3.74. The lowest BCUT2D eigenvalue weighted by Gasteiger charge is -2.16. The van der Waals surface area contributed by atoms with Crippen molar-refractivity contribution in [2.45, 2.75) is 32.7 Å². The summed E-state index contributed by atoms with van der Waals surface area (Å²) in [5, 5.41) is 4.81. The Kier molecular flexibility index (Phi) is 4.70. The van der Waals surface area contributed by atoms with E-state index >= 15 is 0 Å². The molecular weight excluding hydrogens is 362 g/mol. The van der Waals surface area contributed by atoms with Crippen molar-refractivity contribution in [3.8, 4) is 11.4 Å². The zero-order chi connectivity index (χ0) is 19.0. The molecule has 0 saturated carbocycles. The van der Waals surface area contributed by atoms with E-state index in [4.69, 9.17) is 16.1 Å². The van der Waals surface area contributed by atoms with E-state index in [1.54, 1.807) is 0 Å². The molecule has 1 unspecified atom stereocenters. The number of likely N-dealkylation sites (tertiary alicyclic amines) is 1. The average molecular weight is 382 g/mol. The molecule has 138 valence electrons. The fourth-order valence-electron chi connectivity index (χ4n) is 3.52. The summed E-state index contributed by atoms with van der Waals surface area (Å²) >= 11 is 6.04. The molecule has 0 aliphatic carbocycles. The first-order valence-corrected chi connectivity index (χ1v) is 9.31. The van der Waals surface area contributed by atoms with Gasteiger partial charge in [0.1, 0.15) is 0 Å². The predicted octanol–water partition coefficient (Wildman–Crippen LogP) is 4.52. The normalized spacial score (nSPS) is 16.9. The molecule has 1 atom stereocenters. The molecule has 1 aromatic heterocycles. The highest BCUT2D eigenvalue weighted by Crippen LogP contribution is 2.30. The molecule has 0 spiro atoms. The summed E-state index contributed by atoms with van der Waals surface area (Å²) < 4.78 is 5.49. The molecule has 0 N–H and O–H groups in total. The van der Waals surface area contributed by atoms with Gasteiger partial charge in [-0.2, -0.15) is 4.98 Å². The fraction of sp³-hybridized carbons (Fsp3) is 0.286. The smallest absolute Gasteiger partial charge is 0.232 e. The van der Waals surface area contributed by atoms with Gasteiger partial charge >= 0.3 is 0 Å². The second kappa shape index (κ2) is 7.16. The van der Waals surface area contributed by atoms with Gasteiger partial charge in [-0.1, -0.05) is 52.7 Å². The molecular formula is C21H20ClN3O2. The number of aromatic nitrogens is 2. The van der Waals surface area contributed by atoms with Crippen molar-refractivity contribution in [2.75, 3.05) is 6.54 Å². The van der Waals surface area contributed by atoms with Gasteiger partial charge in [0.25, 0.3) is 0 Å². The monoisotopic (exact) mass is 381 g/mol. The van der Waals surface area contributed by atoms with Crippen LogP contribution in [0.2, 0.25) is 5.02 Å². The van der Waals surface area contributed by atoms with Gasteiger partial charge in [0, 0.05) is 30.1 Å². The summed E-state index contributed by atoms with van der Waals surface area (Å²) in [4.78, 5) is 18.8. The van der Waals surface area contributed by atoms with E-state index in [0.29, 0.717) is 36.2 Å². The molecule has 1 saturated heterocycles. The Morgan fingerprint density at radius 2 is 2.07 bits per heavy atom. The van der Waals surface area contributed by atoms with Crippen LogP contribution in [0.25, 0.3) is 11.4 Å². The topological polar surface area (TPSA) is 59.2 Å². The van der Waals surface area contributed by atoms with E-state index in [1.807, 2.05) is 48.2 Å². The highest BCUT2D eigenvalue weighted by Gasteiger charge is 2.34. The number of halogens is 1. The SMILES string of the molecule is Cc1ccc(-c2noc(C3CC(=O)N(Cc4cccc(Cl)c4)C3)n2)c(C)c1. The van der Waals surface area contributed by atoms with Gasteiger partial charge in [-0.05, 0) is 37.1 Å². The summed E-state index contributed by atoms with van der Waals surface area (Å²) in [6.07, 6.45) is 0.384. The van der Waals surface area contributed by atoms with Gasteiger partial charge in [0.2, 0.25) is 17.6 Å². The Bertz CT molecular complexity index is 999. The van der Waals surface area contributed by atoms with Crippen LogP contribution in [0, 0.1) is 13.8 Å². The largest absolute Gasteiger partial charge is 0.339 e. The van der Waals surface area contributed by atoms with Crippen molar-refractivity contribution in [1.29, 1.82) is 0 Å². The van der Waals surface area contributed by atoms with E-state index in [1.165, 1.54) is 5.56 Å². The summed E-state index contributed by atoms with van der Waals surface area (Å²) in [6.45, 7) is 5.19. The first-order valence-electron chi connectivity index (χ1n) is 8.93.